The number of aliphatic hydroxyl groups excluding tert-OH is 1. The molecule has 0 radical (unpaired) electrons. The summed E-state index contributed by atoms with van der Waals surface area (Å²) >= 11 is 1.61. The van der Waals surface area contributed by atoms with Gasteiger partial charge in [-0.25, -0.2) is 4.98 Å². The van der Waals surface area contributed by atoms with Gasteiger partial charge >= 0.3 is 0 Å². The van der Waals surface area contributed by atoms with Crippen LogP contribution in [0.25, 0.3) is 11.0 Å². The topological polar surface area (TPSA) is 48.9 Å². The summed E-state index contributed by atoms with van der Waals surface area (Å²) in [6, 6.07) is 16.2. The van der Waals surface area contributed by atoms with Crippen LogP contribution in [0.3, 0.4) is 0 Å². The van der Waals surface area contributed by atoms with Gasteiger partial charge in [0.15, 0.2) is 5.16 Å². The summed E-state index contributed by atoms with van der Waals surface area (Å²) in [5.41, 5.74) is 4.48. The minimum atomic E-state index is -0.342. The lowest BCUT2D eigenvalue weighted by Gasteiger charge is -2.13. The molecular formula is C16H14N2OS. The summed E-state index contributed by atoms with van der Waals surface area (Å²) in [6.45, 7) is 0. The van der Waals surface area contributed by atoms with E-state index in [2.05, 4.69) is 22.1 Å². The first-order chi connectivity index (χ1) is 9.81. The standard InChI is InChI=1S/C16H14N2OS/c19-14-9-10-5-1-2-6-11(10)15(14)20-16-17-12-7-3-4-8-13(12)18-16/h1-8,14-15,19H,9H2,(H,17,18). The second-order valence-corrected chi connectivity index (χ2v) is 6.20. The van der Waals surface area contributed by atoms with Gasteiger partial charge in [0.05, 0.1) is 22.4 Å². The van der Waals surface area contributed by atoms with Crippen LogP contribution in [-0.2, 0) is 6.42 Å². The van der Waals surface area contributed by atoms with E-state index in [9.17, 15) is 5.11 Å². The van der Waals surface area contributed by atoms with Gasteiger partial charge in [-0.2, -0.15) is 0 Å². The minimum Gasteiger partial charge on any atom is -0.391 e. The van der Waals surface area contributed by atoms with Crippen LogP contribution in [0.2, 0.25) is 0 Å². The Balaban J connectivity index is 1.68. The number of thioether (sulfide) groups is 1. The van der Waals surface area contributed by atoms with Gasteiger partial charge in [0.2, 0.25) is 0 Å². The Hall–Kier alpha value is -1.78. The van der Waals surface area contributed by atoms with Crippen molar-refractivity contribution in [1.29, 1.82) is 0 Å². The maximum atomic E-state index is 10.3. The lowest BCUT2D eigenvalue weighted by atomic mass is 10.1. The summed E-state index contributed by atoms with van der Waals surface area (Å²) in [5.74, 6) is 0. The Morgan fingerprint density at radius 2 is 1.90 bits per heavy atom. The molecule has 100 valence electrons. The van der Waals surface area contributed by atoms with Gasteiger partial charge in [0.25, 0.3) is 0 Å². The molecule has 1 aliphatic carbocycles. The third-order valence-electron chi connectivity index (χ3n) is 3.75. The molecule has 3 nitrogen and oxygen atoms in total. The molecule has 2 atom stereocenters. The van der Waals surface area contributed by atoms with Crippen molar-refractivity contribution < 1.29 is 5.11 Å². The molecule has 2 unspecified atom stereocenters. The van der Waals surface area contributed by atoms with Gasteiger partial charge in [-0.3, -0.25) is 0 Å². The van der Waals surface area contributed by atoms with Crippen molar-refractivity contribution in [3.63, 3.8) is 0 Å². The summed E-state index contributed by atoms with van der Waals surface area (Å²) in [6.07, 6.45) is 0.388. The largest absolute Gasteiger partial charge is 0.391 e. The van der Waals surface area contributed by atoms with Gasteiger partial charge in [0.1, 0.15) is 0 Å². The predicted molar refractivity (Wildman–Crippen MR) is 80.8 cm³/mol. The van der Waals surface area contributed by atoms with E-state index in [1.165, 1.54) is 11.1 Å². The number of para-hydroxylation sites is 2. The smallest absolute Gasteiger partial charge is 0.167 e. The van der Waals surface area contributed by atoms with Crippen LogP contribution in [0.1, 0.15) is 16.4 Å². The van der Waals surface area contributed by atoms with E-state index in [4.69, 9.17) is 0 Å². The maximum Gasteiger partial charge on any atom is 0.167 e. The van der Waals surface area contributed by atoms with Crippen LogP contribution >= 0.6 is 11.8 Å². The Kier molecular flexibility index (Phi) is 2.79. The van der Waals surface area contributed by atoms with Gasteiger partial charge in [0, 0.05) is 6.42 Å². The van der Waals surface area contributed by atoms with Crippen LogP contribution in [0.5, 0.6) is 0 Å². The zero-order chi connectivity index (χ0) is 13.5. The second-order valence-electron chi connectivity index (χ2n) is 5.07. The number of hydrogen-bond acceptors (Lipinski definition) is 3. The summed E-state index contributed by atoms with van der Waals surface area (Å²) in [5, 5.41) is 11.2. The molecule has 1 heterocycles. The van der Waals surface area contributed by atoms with E-state index in [1.807, 2.05) is 36.4 Å². The molecule has 0 saturated heterocycles. The van der Waals surface area contributed by atoms with Gasteiger partial charge in [-0.1, -0.05) is 48.2 Å². The lowest BCUT2D eigenvalue weighted by Crippen LogP contribution is -2.10. The van der Waals surface area contributed by atoms with Crippen LogP contribution in [0.4, 0.5) is 0 Å². The van der Waals surface area contributed by atoms with Gasteiger partial charge < -0.3 is 10.1 Å². The number of aromatic amines is 1. The third-order valence-corrected chi connectivity index (χ3v) is 4.99. The molecule has 0 spiro atoms. The molecule has 0 bridgehead atoms. The Morgan fingerprint density at radius 1 is 1.10 bits per heavy atom. The van der Waals surface area contributed by atoms with Crippen LogP contribution in [0.15, 0.2) is 53.7 Å². The minimum absolute atomic E-state index is 0.0618. The highest BCUT2D eigenvalue weighted by Gasteiger charge is 2.32. The van der Waals surface area contributed by atoms with E-state index in [0.29, 0.717) is 0 Å². The molecule has 1 aromatic heterocycles. The fraction of sp³-hybridized carbons (Fsp3) is 0.188. The maximum absolute atomic E-state index is 10.3. The SMILES string of the molecule is OC1Cc2ccccc2C1Sc1nc2ccccc2[nH]1. The van der Waals surface area contributed by atoms with Gasteiger partial charge in [-0.05, 0) is 23.3 Å². The average molecular weight is 282 g/mol. The molecule has 20 heavy (non-hydrogen) atoms. The Bertz CT molecular complexity index is 735. The van der Waals surface area contributed by atoms with E-state index < -0.39 is 0 Å². The third kappa shape index (κ3) is 1.92. The second kappa shape index (κ2) is 4.65. The molecule has 0 fully saturated rings. The number of imidazole rings is 1. The number of rotatable bonds is 2. The van der Waals surface area contributed by atoms with E-state index in [0.717, 1.165) is 22.6 Å². The molecular weight excluding hydrogens is 268 g/mol. The van der Waals surface area contributed by atoms with Crippen molar-refractivity contribution in [3.05, 3.63) is 59.7 Å². The molecule has 0 aliphatic heterocycles. The number of hydrogen-bond donors (Lipinski definition) is 2. The number of H-pyrrole nitrogens is 1. The first kappa shape index (κ1) is 12.0. The Morgan fingerprint density at radius 3 is 2.80 bits per heavy atom. The summed E-state index contributed by atoms with van der Waals surface area (Å²) in [4.78, 5) is 7.89. The summed E-state index contributed by atoms with van der Waals surface area (Å²) < 4.78 is 0. The fourth-order valence-electron chi connectivity index (χ4n) is 2.78. The van der Waals surface area contributed by atoms with Crippen molar-refractivity contribution in [3.8, 4) is 0 Å². The monoisotopic (exact) mass is 282 g/mol. The molecule has 4 rings (SSSR count). The van der Waals surface area contributed by atoms with Crippen molar-refractivity contribution in [2.24, 2.45) is 0 Å². The molecule has 0 saturated carbocycles. The highest BCUT2D eigenvalue weighted by molar-refractivity contribution is 7.99. The number of nitrogens with zero attached hydrogens (tertiary/aromatic N) is 1. The Labute approximate surface area is 121 Å². The van der Waals surface area contributed by atoms with E-state index in [-0.39, 0.29) is 11.4 Å². The lowest BCUT2D eigenvalue weighted by molar-refractivity contribution is 0.184. The molecule has 2 N–H and O–H groups in total. The number of nitrogens with one attached hydrogen (secondary N) is 1. The molecule has 2 aromatic carbocycles. The number of benzene rings is 2. The molecule has 1 aliphatic rings. The normalized spacial score (nSPS) is 21.2. The molecule has 0 amide bonds. The van der Waals surface area contributed by atoms with Crippen LogP contribution < -0.4 is 0 Å². The average Bonchev–Trinajstić information content (AvgIpc) is 3.00. The number of aliphatic hydroxyl groups is 1. The van der Waals surface area contributed by atoms with Crippen molar-refractivity contribution in [1.82, 2.24) is 9.97 Å². The quantitative estimate of drug-likeness (QED) is 0.758. The van der Waals surface area contributed by atoms with Crippen LogP contribution in [-0.4, -0.2) is 21.2 Å². The van der Waals surface area contributed by atoms with Crippen molar-refractivity contribution in [2.45, 2.75) is 22.9 Å². The first-order valence-electron chi connectivity index (χ1n) is 6.68. The van der Waals surface area contributed by atoms with E-state index in [1.54, 1.807) is 11.8 Å². The highest BCUT2D eigenvalue weighted by atomic mass is 32.2. The fourth-order valence-corrected chi connectivity index (χ4v) is 3.96. The predicted octanol–water partition coefficient (Wildman–Crippen LogP) is 3.31. The highest BCUT2D eigenvalue weighted by Crippen LogP contribution is 2.44. The number of aromatic nitrogens is 2. The zero-order valence-corrected chi connectivity index (χ0v) is 11.6. The van der Waals surface area contributed by atoms with Crippen molar-refractivity contribution in [2.75, 3.05) is 0 Å². The zero-order valence-electron chi connectivity index (χ0n) is 10.8. The molecule has 4 heteroatoms. The van der Waals surface area contributed by atoms with E-state index >= 15 is 0 Å². The number of fused-ring (bicyclic) bond motifs is 2. The summed E-state index contributed by atoms with van der Waals surface area (Å²) in [7, 11) is 0. The first-order valence-corrected chi connectivity index (χ1v) is 7.56. The van der Waals surface area contributed by atoms with Crippen molar-refractivity contribution >= 4 is 22.8 Å². The molecule has 3 aromatic rings. The van der Waals surface area contributed by atoms with Gasteiger partial charge in [-0.15, -0.1) is 0 Å². The van der Waals surface area contributed by atoms with Crippen LogP contribution in [0, 0.1) is 0 Å².